The zero-order valence-electron chi connectivity index (χ0n) is 19.1. The van der Waals surface area contributed by atoms with Crippen LogP contribution in [0.1, 0.15) is 32.4 Å². The molecule has 2 aromatic carbocycles. The van der Waals surface area contributed by atoms with Crippen LogP contribution < -0.4 is 4.74 Å². The number of carbonyl (C=O) groups is 2. The summed E-state index contributed by atoms with van der Waals surface area (Å²) in [5.41, 5.74) is 2.60. The molecule has 2 heterocycles. The molecule has 1 aromatic heterocycles. The van der Waals surface area contributed by atoms with Crippen molar-refractivity contribution in [1.82, 2.24) is 9.80 Å². The van der Waals surface area contributed by atoms with Crippen LogP contribution in [0.4, 0.5) is 0 Å². The second-order valence-electron chi connectivity index (χ2n) is 8.21. The average Bonchev–Trinajstić information content (AvgIpc) is 3.33. The van der Waals surface area contributed by atoms with Gasteiger partial charge in [0.15, 0.2) is 0 Å². The minimum atomic E-state index is -0.226. The first-order valence-corrected chi connectivity index (χ1v) is 12.4. The highest BCUT2D eigenvalue weighted by Gasteiger charge is 2.33. The minimum Gasteiger partial charge on any atom is -0.491 e. The zero-order chi connectivity index (χ0) is 24.1. The Morgan fingerprint density at radius 3 is 2.76 bits per heavy atom. The molecule has 1 aliphatic rings. The Kier molecular flexibility index (Phi) is 7.70. The van der Waals surface area contributed by atoms with E-state index in [4.69, 9.17) is 16.3 Å². The molecule has 0 spiro atoms. The number of rotatable bonds is 8. The molecule has 1 aliphatic heterocycles. The first kappa shape index (κ1) is 24.0. The fourth-order valence-electron chi connectivity index (χ4n) is 4.15. The van der Waals surface area contributed by atoms with Gasteiger partial charge in [-0.25, -0.2) is 0 Å². The second-order valence-corrected chi connectivity index (χ2v) is 9.62. The first-order chi connectivity index (χ1) is 16.5. The lowest BCUT2D eigenvalue weighted by molar-refractivity contribution is -0.135. The van der Waals surface area contributed by atoms with E-state index in [9.17, 15) is 9.59 Å². The van der Waals surface area contributed by atoms with Crippen LogP contribution in [-0.4, -0.2) is 47.9 Å². The van der Waals surface area contributed by atoms with E-state index >= 15 is 0 Å². The summed E-state index contributed by atoms with van der Waals surface area (Å²) in [6.45, 7) is 6.88. The number of hydrogen-bond acceptors (Lipinski definition) is 4. The summed E-state index contributed by atoms with van der Waals surface area (Å²) >= 11 is 7.85. The smallest absolute Gasteiger partial charge is 0.254 e. The number of benzene rings is 2. The molecule has 0 bridgehead atoms. The van der Waals surface area contributed by atoms with E-state index in [2.05, 4.69) is 18.0 Å². The van der Waals surface area contributed by atoms with Gasteiger partial charge in [0.1, 0.15) is 18.9 Å². The molecule has 7 heteroatoms. The van der Waals surface area contributed by atoms with Gasteiger partial charge in [0.2, 0.25) is 5.91 Å². The van der Waals surface area contributed by atoms with Gasteiger partial charge in [0.25, 0.3) is 5.91 Å². The third kappa shape index (κ3) is 5.34. The van der Waals surface area contributed by atoms with Gasteiger partial charge in [-0.1, -0.05) is 35.9 Å². The summed E-state index contributed by atoms with van der Waals surface area (Å²) in [5.74, 6) is 0.416. The van der Waals surface area contributed by atoms with E-state index in [1.165, 1.54) is 9.78 Å². The predicted octanol–water partition coefficient (Wildman–Crippen LogP) is 5.54. The first-order valence-electron chi connectivity index (χ1n) is 11.2. The van der Waals surface area contributed by atoms with Gasteiger partial charge in [0.05, 0.1) is 6.04 Å². The number of ether oxygens (including phenoxy) is 1. The predicted molar refractivity (Wildman–Crippen MR) is 137 cm³/mol. The Morgan fingerprint density at radius 2 is 2.03 bits per heavy atom. The van der Waals surface area contributed by atoms with Crippen molar-refractivity contribution in [2.75, 3.05) is 26.2 Å². The molecule has 1 unspecified atom stereocenters. The Hall–Kier alpha value is -3.09. The van der Waals surface area contributed by atoms with Crippen LogP contribution in [0.5, 0.6) is 5.75 Å². The summed E-state index contributed by atoms with van der Waals surface area (Å²) in [4.78, 5) is 31.2. The molecule has 3 aromatic rings. The number of thiophene rings is 1. The van der Waals surface area contributed by atoms with Gasteiger partial charge in [-0.05, 0) is 66.2 Å². The fraction of sp³-hybridized carbons (Fsp3) is 0.259. The van der Waals surface area contributed by atoms with E-state index in [-0.39, 0.29) is 24.4 Å². The molecule has 5 nitrogen and oxygen atoms in total. The van der Waals surface area contributed by atoms with Crippen molar-refractivity contribution in [3.05, 3.63) is 99.2 Å². The maximum atomic E-state index is 13.5. The summed E-state index contributed by atoms with van der Waals surface area (Å²) in [7, 11) is 0. The molecule has 1 atom stereocenters. The summed E-state index contributed by atoms with van der Waals surface area (Å²) in [6, 6.07) is 16.4. The van der Waals surface area contributed by atoms with Gasteiger partial charge in [0, 0.05) is 28.6 Å². The number of halogens is 1. The van der Waals surface area contributed by atoms with Crippen LogP contribution >= 0.6 is 22.9 Å². The largest absolute Gasteiger partial charge is 0.491 e. The average molecular weight is 495 g/mol. The van der Waals surface area contributed by atoms with Crippen LogP contribution in [0.3, 0.4) is 0 Å². The molecule has 176 valence electrons. The fourth-order valence-corrected chi connectivity index (χ4v) is 5.20. The number of amides is 2. The van der Waals surface area contributed by atoms with Crippen molar-refractivity contribution in [2.24, 2.45) is 0 Å². The number of nitrogens with zero attached hydrogens (tertiary/aromatic N) is 2. The molecule has 0 saturated heterocycles. The molecule has 0 saturated carbocycles. The van der Waals surface area contributed by atoms with E-state index in [0.29, 0.717) is 36.0 Å². The molecule has 2 amide bonds. The molecule has 0 radical (unpaired) electrons. The Morgan fingerprint density at radius 1 is 1.24 bits per heavy atom. The van der Waals surface area contributed by atoms with Crippen LogP contribution in [-0.2, 0) is 11.2 Å². The lowest BCUT2D eigenvalue weighted by atomic mass is 10.0. The third-order valence-electron chi connectivity index (χ3n) is 5.94. The minimum absolute atomic E-state index is 0.0181. The molecule has 0 fully saturated rings. The lowest BCUT2D eigenvalue weighted by Gasteiger charge is -2.37. The zero-order valence-corrected chi connectivity index (χ0v) is 20.6. The lowest BCUT2D eigenvalue weighted by Crippen LogP contribution is -2.47. The van der Waals surface area contributed by atoms with Crippen LogP contribution in [0.25, 0.3) is 0 Å². The Labute approximate surface area is 209 Å². The van der Waals surface area contributed by atoms with E-state index in [0.717, 1.165) is 17.5 Å². The summed E-state index contributed by atoms with van der Waals surface area (Å²) in [6.07, 6.45) is 2.44. The van der Waals surface area contributed by atoms with E-state index < -0.39 is 0 Å². The van der Waals surface area contributed by atoms with Crippen molar-refractivity contribution in [3.63, 3.8) is 0 Å². The maximum Gasteiger partial charge on any atom is 0.254 e. The Bertz CT molecular complexity index is 1180. The molecule has 0 aliphatic carbocycles. The van der Waals surface area contributed by atoms with Crippen molar-refractivity contribution >= 4 is 34.8 Å². The Balaban J connectivity index is 1.52. The SMILES string of the molecule is C=CCN(CC(=O)N1CCc2sccc2C1COc1ccc(Cl)c(C)c1)C(=O)c1ccccc1. The van der Waals surface area contributed by atoms with Crippen molar-refractivity contribution in [1.29, 1.82) is 0 Å². The highest BCUT2D eigenvalue weighted by molar-refractivity contribution is 7.10. The topological polar surface area (TPSA) is 49.9 Å². The van der Waals surface area contributed by atoms with Gasteiger partial charge >= 0.3 is 0 Å². The highest BCUT2D eigenvalue weighted by atomic mass is 35.5. The van der Waals surface area contributed by atoms with Crippen LogP contribution in [0.15, 0.2) is 72.6 Å². The number of hydrogen-bond donors (Lipinski definition) is 0. The quantitative estimate of drug-likeness (QED) is 0.386. The molecular weight excluding hydrogens is 468 g/mol. The van der Waals surface area contributed by atoms with Gasteiger partial charge < -0.3 is 14.5 Å². The monoisotopic (exact) mass is 494 g/mol. The van der Waals surface area contributed by atoms with Crippen LogP contribution in [0, 0.1) is 6.92 Å². The molecule has 0 N–H and O–H groups in total. The third-order valence-corrected chi connectivity index (χ3v) is 7.36. The van der Waals surface area contributed by atoms with E-state index in [1.807, 2.05) is 48.2 Å². The van der Waals surface area contributed by atoms with Gasteiger partial charge in [-0.3, -0.25) is 9.59 Å². The summed E-state index contributed by atoms with van der Waals surface area (Å²) < 4.78 is 6.11. The number of carbonyl (C=O) groups excluding carboxylic acids is 2. The van der Waals surface area contributed by atoms with Gasteiger partial charge in [-0.15, -0.1) is 17.9 Å². The van der Waals surface area contributed by atoms with Crippen molar-refractivity contribution in [2.45, 2.75) is 19.4 Å². The summed E-state index contributed by atoms with van der Waals surface area (Å²) in [5, 5.41) is 2.74. The normalized spacial score (nSPS) is 14.9. The number of fused-ring (bicyclic) bond motifs is 1. The number of aryl methyl sites for hydroxylation is 1. The maximum absolute atomic E-state index is 13.5. The second kappa shape index (κ2) is 10.9. The molecule has 4 rings (SSSR count). The molecular formula is C27H27ClN2O3S. The van der Waals surface area contributed by atoms with Gasteiger partial charge in [-0.2, -0.15) is 0 Å². The van der Waals surface area contributed by atoms with Crippen LogP contribution in [0.2, 0.25) is 5.02 Å². The standard InChI is InChI=1S/C27H27ClN2O3S/c1-3-13-29(27(32)20-7-5-4-6-8-20)17-26(31)30-14-11-25-22(12-15-34-25)24(30)18-33-21-9-10-23(28)19(2)16-21/h3-10,12,15-16,24H,1,11,13-14,17-18H2,2H3. The van der Waals surface area contributed by atoms with Crippen molar-refractivity contribution in [3.8, 4) is 5.75 Å². The molecule has 34 heavy (non-hydrogen) atoms. The highest BCUT2D eigenvalue weighted by Crippen LogP contribution is 2.34. The van der Waals surface area contributed by atoms with Crippen molar-refractivity contribution < 1.29 is 14.3 Å². The van der Waals surface area contributed by atoms with E-state index in [1.54, 1.807) is 29.5 Å².